The van der Waals surface area contributed by atoms with Crippen LogP contribution in [-0.4, -0.2) is 35.0 Å². The molecule has 0 bridgehead atoms. The molecule has 1 aliphatic heterocycles. The Labute approximate surface area is 196 Å². The normalized spacial score (nSPS) is 20.9. The van der Waals surface area contributed by atoms with E-state index in [1.54, 1.807) is 48.3 Å². The summed E-state index contributed by atoms with van der Waals surface area (Å²) in [7, 11) is 1.77. The van der Waals surface area contributed by atoms with E-state index in [-0.39, 0.29) is 17.5 Å². The molecule has 0 aliphatic carbocycles. The average molecular weight is 470 g/mol. The molecule has 1 heterocycles. The van der Waals surface area contributed by atoms with Gasteiger partial charge in [-0.25, -0.2) is 4.79 Å². The predicted octanol–water partition coefficient (Wildman–Crippen LogP) is 5.57. The summed E-state index contributed by atoms with van der Waals surface area (Å²) in [6.07, 6.45) is -0.792. The summed E-state index contributed by atoms with van der Waals surface area (Å²) in [5, 5.41) is 10.3. The molecule has 0 saturated carbocycles. The van der Waals surface area contributed by atoms with Gasteiger partial charge in [0.15, 0.2) is 0 Å². The molecule has 0 radical (unpaired) electrons. The standard InChI is InChI=1S/C25H21Cl2NO4/c1-28-22(16-6-10-19(26)11-7-16)23(17-8-12-20(27)13-9-17)32-21(24(28)29)14-15-2-4-18(5-3-15)25(30)31/h2-13,21-23H,14H2,1H3,(H,30,31)/t21-,22+,23-/m1/s1. The van der Waals surface area contributed by atoms with Gasteiger partial charge in [-0.05, 0) is 53.1 Å². The van der Waals surface area contributed by atoms with Crippen LogP contribution in [0.25, 0.3) is 0 Å². The quantitative estimate of drug-likeness (QED) is 0.529. The number of likely N-dealkylation sites (N-methyl/N-ethyl adjacent to an activating group) is 1. The number of rotatable bonds is 5. The lowest BCUT2D eigenvalue weighted by Crippen LogP contribution is -2.49. The van der Waals surface area contributed by atoms with Gasteiger partial charge >= 0.3 is 5.97 Å². The summed E-state index contributed by atoms with van der Waals surface area (Å²) in [5.41, 5.74) is 2.83. The largest absolute Gasteiger partial charge is 0.478 e. The molecule has 7 heteroatoms. The van der Waals surface area contributed by atoms with Crippen molar-refractivity contribution < 1.29 is 19.4 Å². The highest BCUT2D eigenvalue weighted by atomic mass is 35.5. The highest BCUT2D eigenvalue weighted by molar-refractivity contribution is 6.30. The molecule has 1 amide bonds. The third-order valence-electron chi connectivity index (χ3n) is 5.67. The number of amides is 1. The zero-order valence-corrected chi connectivity index (χ0v) is 18.8. The monoisotopic (exact) mass is 469 g/mol. The molecule has 3 atom stereocenters. The molecule has 0 aromatic heterocycles. The topological polar surface area (TPSA) is 66.8 Å². The number of hydrogen-bond acceptors (Lipinski definition) is 3. The molecule has 0 spiro atoms. The van der Waals surface area contributed by atoms with E-state index in [9.17, 15) is 9.59 Å². The van der Waals surface area contributed by atoms with Gasteiger partial charge in [-0.2, -0.15) is 0 Å². The van der Waals surface area contributed by atoms with E-state index < -0.39 is 18.2 Å². The minimum atomic E-state index is -0.991. The first-order chi connectivity index (χ1) is 15.3. The average Bonchev–Trinajstić information content (AvgIpc) is 2.78. The van der Waals surface area contributed by atoms with Crippen molar-refractivity contribution in [2.24, 2.45) is 0 Å². The van der Waals surface area contributed by atoms with Crippen molar-refractivity contribution in [1.82, 2.24) is 4.90 Å². The number of aromatic carboxylic acids is 1. The van der Waals surface area contributed by atoms with Crippen molar-refractivity contribution in [3.63, 3.8) is 0 Å². The van der Waals surface area contributed by atoms with Crippen LogP contribution in [0.3, 0.4) is 0 Å². The summed E-state index contributed by atoms with van der Waals surface area (Å²) in [6, 6.07) is 20.9. The number of nitrogens with zero attached hydrogens (tertiary/aromatic N) is 1. The van der Waals surface area contributed by atoms with Gasteiger partial charge in [-0.1, -0.05) is 59.6 Å². The van der Waals surface area contributed by atoms with E-state index in [1.165, 1.54) is 12.1 Å². The first-order valence-corrected chi connectivity index (χ1v) is 10.8. The summed E-state index contributed by atoms with van der Waals surface area (Å²) < 4.78 is 6.39. The highest BCUT2D eigenvalue weighted by Crippen LogP contribution is 2.42. The Morgan fingerprint density at radius 3 is 1.97 bits per heavy atom. The van der Waals surface area contributed by atoms with Crippen LogP contribution in [-0.2, 0) is 16.0 Å². The van der Waals surface area contributed by atoms with Crippen molar-refractivity contribution in [1.29, 1.82) is 0 Å². The van der Waals surface area contributed by atoms with Gasteiger partial charge in [0.25, 0.3) is 5.91 Å². The molecule has 3 aromatic rings. The van der Waals surface area contributed by atoms with Gasteiger partial charge in [-0.3, -0.25) is 4.79 Å². The summed E-state index contributed by atoms with van der Waals surface area (Å²) in [5.74, 6) is -1.13. The fourth-order valence-electron chi connectivity index (χ4n) is 3.98. The van der Waals surface area contributed by atoms with E-state index in [4.69, 9.17) is 33.0 Å². The van der Waals surface area contributed by atoms with Gasteiger partial charge in [0, 0.05) is 23.5 Å². The van der Waals surface area contributed by atoms with Gasteiger partial charge in [0.05, 0.1) is 11.6 Å². The minimum absolute atomic E-state index is 0.141. The van der Waals surface area contributed by atoms with Crippen LogP contribution in [0, 0.1) is 0 Å². The zero-order chi connectivity index (χ0) is 22.8. The van der Waals surface area contributed by atoms with Crippen molar-refractivity contribution >= 4 is 35.1 Å². The Bertz CT molecular complexity index is 1110. The highest BCUT2D eigenvalue weighted by Gasteiger charge is 2.42. The number of carboxylic acid groups (broad SMARTS) is 1. The molecule has 1 fully saturated rings. The number of morpholine rings is 1. The van der Waals surface area contributed by atoms with E-state index >= 15 is 0 Å². The molecule has 1 N–H and O–H groups in total. The maximum absolute atomic E-state index is 13.2. The van der Waals surface area contributed by atoms with E-state index in [1.807, 2.05) is 24.3 Å². The van der Waals surface area contributed by atoms with Gasteiger partial charge in [0.1, 0.15) is 12.2 Å². The number of benzene rings is 3. The third kappa shape index (κ3) is 4.65. The molecule has 164 valence electrons. The Kier molecular flexibility index (Phi) is 6.51. The molecular weight excluding hydrogens is 449 g/mol. The van der Waals surface area contributed by atoms with Crippen molar-refractivity contribution in [2.45, 2.75) is 24.7 Å². The maximum Gasteiger partial charge on any atom is 0.335 e. The smallest absolute Gasteiger partial charge is 0.335 e. The van der Waals surface area contributed by atoms with E-state index in [0.717, 1.165) is 16.7 Å². The van der Waals surface area contributed by atoms with E-state index in [0.29, 0.717) is 16.5 Å². The van der Waals surface area contributed by atoms with Crippen LogP contribution in [0.15, 0.2) is 72.8 Å². The molecule has 0 unspecified atom stereocenters. The molecule has 1 aliphatic rings. The molecule has 5 nitrogen and oxygen atoms in total. The van der Waals surface area contributed by atoms with E-state index in [2.05, 4.69) is 0 Å². The second kappa shape index (κ2) is 9.33. The Balaban J connectivity index is 1.66. The lowest BCUT2D eigenvalue weighted by molar-refractivity contribution is -0.171. The van der Waals surface area contributed by atoms with Gasteiger partial charge < -0.3 is 14.7 Å². The first kappa shape index (κ1) is 22.3. The molecular formula is C25H21Cl2NO4. The van der Waals surface area contributed by atoms with Gasteiger partial charge in [-0.15, -0.1) is 0 Å². The van der Waals surface area contributed by atoms with Crippen LogP contribution in [0.4, 0.5) is 0 Å². The maximum atomic E-state index is 13.2. The minimum Gasteiger partial charge on any atom is -0.478 e. The van der Waals surface area contributed by atoms with Crippen molar-refractivity contribution in [3.05, 3.63) is 105 Å². The second-order valence-corrected chi connectivity index (χ2v) is 8.62. The number of halogens is 2. The van der Waals surface area contributed by atoms with Crippen molar-refractivity contribution in [2.75, 3.05) is 7.05 Å². The third-order valence-corrected chi connectivity index (χ3v) is 6.17. The summed E-state index contributed by atoms with van der Waals surface area (Å²) in [6.45, 7) is 0. The fourth-order valence-corrected chi connectivity index (χ4v) is 4.23. The SMILES string of the molecule is CN1C(=O)[C@@H](Cc2ccc(C(=O)O)cc2)O[C@H](c2ccc(Cl)cc2)[C@@H]1c1ccc(Cl)cc1. The lowest BCUT2D eigenvalue weighted by atomic mass is 9.91. The Hall–Kier alpha value is -2.86. The molecule has 3 aromatic carbocycles. The van der Waals surface area contributed by atoms with Crippen molar-refractivity contribution in [3.8, 4) is 0 Å². The Morgan fingerprint density at radius 2 is 1.44 bits per heavy atom. The molecule has 4 rings (SSSR count). The number of ether oxygens (including phenoxy) is 1. The number of hydrogen-bond donors (Lipinski definition) is 1. The first-order valence-electron chi connectivity index (χ1n) is 10.1. The van der Waals surface area contributed by atoms with Crippen LogP contribution in [0.5, 0.6) is 0 Å². The lowest BCUT2D eigenvalue weighted by Gasteiger charge is -2.43. The predicted molar refractivity (Wildman–Crippen MR) is 123 cm³/mol. The molecule has 1 saturated heterocycles. The Morgan fingerprint density at radius 1 is 0.906 bits per heavy atom. The van der Waals surface area contributed by atoms with Gasteiger partial charge in [0.2, 0.25) is 0 Å². The van der Waals surface area contributed by atoms with Crippen LogP contribution in [0.1, 0.15) is 39.2 Å². The van der Waals surface area contributed by atoms with Crippen LogP contribution in [0.2, 0.25) is 10.0 Å². The van der Waals surface area contributed by atoms with Crippen LogP contribution >= 0.6 is 23.2 Å². The zero-order valence-electron chi connectivity index (χ0n) is 17.2. The summed E-state index contributed by atoms with van der Waals surface area (Å²) in [4.78, 5) is 26.1. The number of carboxylic acids is 1. The number of carbonyl (C=O) groups is 2. The molecule has 32 heavy (non-hydrogen) atoms. The fraction of sp³-hybridized carbons (Fsp3) is 0.200. The van der Waals surface area contributed by atoms with Crippen LogP contribution < -0.4 is 0 Å². The summed E-state index contributed by atoms with van der Waals surface area (Å²) >= 11 is 12.1. The second-order valence-electron chi connectivity index (χ2n) is 7.75. The number of carbonyl (C=O) groups excluding carboxylic acids is 1.